The number of ether oxygens (including phenoxy) is 1. The van der Waals surface area contributed by atoms with Gasteiger partial charge in [0.25, 0.3) is 0 Å². The Bertz CT molecular complexity index is 645. The molecular weight excluding hydrogens is 288 g/mol. The lowest BCUT2D eigenvalue weighted by molar-refractivity contribution is -0.145. The molecule has 0 fully saturated rings. The molecule has 0 aliphatic rings. The molecule has 0 aliphatic heterocycles. The van der Waals surface area contributed by atoms with Crippen molar-refractivity contribution in [2.45, 2.75) is 40.0 Å². The smallest absolute Gasteiger partial charge is 0.306 e. The predicted octanol–water partition coefficient (Wildman–Crippen LogP) is 4.00. The van der Waals surface area contributed by atoms with Gasteiger partial charge in [0, 0.05) is 7.05 Å². The van der Waals surface area contributed by atoms with E-state index in [0.29, 0.717) is 13.0 Å². The second kappa shape index (κ2) is 7.44. The first-order valence-electron chi connectivity index (χ1n) is 8.15. The summed E-state index contributed by atoms with van der Waals surface area (Å²) < 4.78 is 6.97. The Morgan fingerprint density at radius 1 is 1.26 bits per heavy atom. The fraction of sp³-hybridized carbons (Fsp3) is 0.474. The molecule has 23 heavy (non-hydrogen) atoms. The Balaban J connectivity index is 2.00. The SMILES string of the molecule is CCOC(=O)CC(C)(C)CCc1cc(-c2ccccc2)n(C)n1. The number of nitrogens with zero attached hydrogens (tertiary/aromatic N) is 2. The summed E-state index contributed by atoms with van der Waals surface area (Å²) in [5.74, 6) is -0.122. The number of rotatable bonds is 7. The molecule has 4 nitrogen and oxygen atoms in total. The summed E-state index contributed by atoms with van der Waals surface area (Å²) in [5.41, 5.74) is 3.25. The highest BCUT2D eigenvalue weighted by Gasteiger charge is 2.23. The molecule has 1 aromatic heterocycles. The average molecular weight is 314 g/mol. The van der Waals surface area contributed by atoms with E-state index in [9.17, 15) is 4.79 Å². The molecule has 2 rings (SSSR count). The van der Waals surface area contributed by atoms with Crippen LogP contribution in [0.1, 0.15) is 39.3 Å². The van der Waals surface area contributed by atoms with Crippen molar-refractivity contribution in [2.75, 3.05) is 6.61 Å². The van der Waals surface area contributed by atoms with Crippen LogP contribution in [0.5, 0.6) is 0 Å². The van der Waals surface area contributed by atoms with E-state index in [4.69, 9.17) is 4.74 Å². The van der Waals surface area contributed by atoms with Crippen LogP contribution < -0.4 is 0 Å². The summed E-state index contributed by atoms with van der Waals surface area (Å²) in [7, 11) is 1.97. The molecule has 0 saturated heterocycles. The van der Waals surface area contributed by atoms with Gasteiger partial charge >= 0.3 is 5.97 Å². The molecule has 1 heterocycles. The molecule has 124 valence electrons. The summed E-state index contributed by atoms with van der Waals surface area (Å²) in [6, 6.07) is 12.4. The number of hydrogen-bond donors (Lipinski definition) is 0. The Morgan fingerprint density at radius 3 is 2.61 bits per heavy atom. The van der Waals surface area contributed by atoms with E-state index >= 15 is 0 Å². The molecule has 0 bridgehead atoms. The molecular formula is C19H26N2O2. The molecule has 0 N–H and O–H groups in total. The minimum absolute atomic E-state index is 0.0866. The molecule has 0 saturated carbocycles. The van der Waals surface area contributed by atoms with Gasteiger partial charge in [-0.2, -0.15) is 5.10 Å². The Labute approximate surface area is 138 Å². The summed E-state index contributed by atoms with van der Waals surface area (Å²) >= 11 is 0. The van der Waals surface area contributed by atoms with Crippen molar-refractivity contribution in [1.82, 2.24) is 9.78 Å². The Hall–Kier alpha value is -2.10. The molecule has 0 amide bonds. The lowest BCUT2D eigenvalue weighted by Crippen LogP contribution is -2.19. The fourth-order valence-electron chi connectivity index (χ4n) is 2.69. The topological polar surface area (TPSA) is 44.1 Å². The maximum atomic E-state index is 11.7. The van der Waals surface area contributed by atoms with E-state index < -0.39 is 0 Å². The van der Waals surface area contributed by atoms with Crippen LogP contribution in [0, 0.1) is 5.41 Å². The monoisotopic (exact) mass is 314 g/mol. The third-order valence-electron chi connectivity index (χ3n) is 3.99. The number of esters is 1. The minimum atomic E-state index is -0.122. The van der Waals surface area contributed by atoms with Gasteiger partial charge < -0.3 is 4.74 Å². The molecule has 0 radical (unpaired) electrons. The number of aromatic nitrogens is 2. The highest BCUT2D eigenvalue weighted by molar-refractivity contribution is 5.70. The van der Waals surface area contributed by atoms with Gasteiger partial charge in [-0.1, -0.05) is 44.2 Å². The zero-order valence-electron chi connectivity index (χ0n) is 14.5. The number of hydrogen-bond acceptors (Lipinski definition) is 3. The minimum Gasteiger partial charge on any atom is -0.466 e. The maximum absolute atomic E-state index is 11.7. The van der Waals surface area contributed by atoms with Gasteiger partial charge in [0.2, 0.25) is 0 Å². The number of benzene rings is 1. The van der Waals surface area contributed by atoms with Gasteiger partial charge in [-0.15, -0.1) is 0 Å². The highest BCUT2D eigenvalue weighted by atomic mass is 16.5. The lowest BCUT2D eigenvalue weighted by Gasteiger charge is -2.22. The fourth-order valence-corrected chi connectivity index (χ4v) is 2.69. The van der Waals surface area contributed by atoms with Crippen LogP contribution in [0.3, 0.4) is 0 Å². The molecule has 0 aliphatic carbocycles. The van der Waals surface area contributed by atoms with E-state index in [1.165, 1.54) is 5.56 Å². The van der Waals surface area contributed by atoms with Crippen LogP contribution >= 0.6 is 0 Å². The third kappa shape index (κ3) is 4.95. The van der Waals surface area contributed by atoms with Crippen LogP contribution in [-0.4, -0.2) is 22.4 Å². The largest absolute Gasteiger partial charge is 0.466 e. The van der Waals surface area contributed by atoms with Gasteiger partial charge in [0.1, 0.15) is 0 Å². The number of carbonyl (C=O) groups excluding carboxylic acids is 1. The molecule has 0 atom stereocenters. The van der Waals surface area contributed by atoms with Crippen molar-refractivity contribution < 1.29 is 9.53 Å². The van der Waals surface area contributed by atoms with Crippen LogP contribution in [0.4, 0.5) is 0 Å². The normalized spacial score (nSPS) is 11.5. The lowest BCUT2D eigenvalue weighted by atomic mass is 9.84. The van der Waals surface area contributed by atoms with Gasteiger partial charge in [0.05, 0.1) is 24.4 Å². The standard InChI is InChI=1S/C19H26N2O2/c1-5-23-18(22)14-19(2,3)12-11-16-13-17(21(4)20-16)15-9-7-6-8-10-15/h6-10,13H,5,11-12,14H2,1-4H3. The van der Waals surface area contributed by atoms with E-state index in [0.717, 1.165) is 24.2 Å². The molecule has 4 heteroatoms. The summed E-state index contributed by atoms with van der Waals surface area (Å²) in [5, 5.41) is 4.61. The average Bonchev–Trinajstić information content (AvgIpc) is 2.87. The van der Waals surface area contributed by atoms with Crippen LogP contribution in [0.15, 0.2) is 36.4 Å². The summed E-state index contributed by atoms with van der Waals surface area (Å²) in [6.07, 6.45) is 2.20. The second-order valence-electron chi connectivity index (χ2n) is 6.66. The van der Waals surface area contributed by atoms with Crippen molar-refractivity contribution >= 4 is 5.97 Å². The Kier molecular flexibility index (Phi) is 5.59. The van der Waals surface area contributed by atoms with E-state index in [1.54, 1.807) is 0 Å². The third-order valence-corrected chi connectivity index (χ3v) is 3.99. The first kappa shape index (κ1) is 17.3. The molecule has 0 unspecified atom stereocenters. The quantitative estimate of drug-likeness (QED) is 0.726. The van der Waals surface area contributed by atoms with Crippen LogP contribution in [0.2, 0.25) is 0 Å². The van der Waals surface area contributed by atoms with E-state index in [2.05, 4.69) is 37.1 Å². The maximum Gasteiger partial charge on any atom is 0.306 e. The van der Waals surface area contributed by atoms with Gasteiger partial charge in [-0.3, -0.25) is 9.48 Å². The van der Waals surface area contributed by atoms with Gasteiger partial charge in [-0.25, -0.2) is 0 Å². The second-order valence-corrected chi connectivity index (χ2v) is 6.66. The van der Waals surface area contributed by atoms with Gasteiger partial charge in [-0.05, 0) is 36.8 Å². The van der Waals surface area contributed by atoms with Crippen molar-refractivity contribution in [3.8, 4) is 11.3 Å². The summed E-state index contributed by atoms with van der Waals surface area (Å²) in [6.45, 7) is 6.48. The van der Waals surface area contributed by atoms with Gasteiger partial charge in [0.15, 0.2) is 0 Å². The first-order chi connectivity index (χ1) is 10.9. The molecule has 1 aromatic carbocycles. The summed E-state index contributed by atoms with van der Waals surface area (Å²) in [4.78, 5) is 11.7. The van der Waals surface area contributed by atoms with Crippen molar-refractivity contribution in [2.24, 2.45) is 12.5 Å². The molecule has 2 aromatic rings. The highest BCUT2D eigenvalue weighted by Crippen LogP contribution is 2.28. The van der Waals surface area contributed by atoms with E-state index in [-0.39, 0.29) is 11.4 Å². The zero-order chi connectivity index (χ0) is 16.9. The molecule has 0 spiro atoms. The van der Waals surface area contributed by atoms with Crippen molar-refractivity contribution in [3.05, 3.63) is 42.1 Å². The predicted molar refractivity (Wildman–Crippen MR) is 92.0 cm³/mol. The number of aryl methyl sites for hydroxylation is 2. The zero-order valence-corrected chi connectivity index (χ0v) is 14.5. The van der Waals surface area contributed by atoms with Crippen LogP contribution in [-0.2, 0) is 23.0 Å². The van der Waals surface area contributed by atoms with E-state index in [1.807, 2.05) is 36.9 Å². The van der Waals surface area contributed by atoms with Crippen LogP contribution in [0.25, 0.3) is 11.3 Å². The Morgan fingerprint density at radius 2 is 1.96 bits per heavy atom. The number of carbonyl (C=O) groups is 1. The van der Waals surface area contributed by atoms with Crippen molar-refractivity contribution in [3.63, 3.8) is 0 Å². The first-order valence-corrected chi connectivity index (χ1v) is 8.15. The van der Waals surface area contributed by atoms with Crippen molar-refractivity contribution in [1.29, 1.82) is 0 Å².